The molecule has 2 rings (SSSR count). The summed E-state index contributed by atoms with van der Waals surface area (Å²) in [7, 11) is 0. The average Bonchev–Trinajstić information content (AvgIpc) is 2.73. The molecule has 10 heteroatoms. The van der Waals surface area contributed by atoms with Crippen LogP contribution in [0.15, 0.2) is 48.5 Å². The molecule has 0 fully saturated rings. The van der Waals surface area contributed by atoms with E-state index in [1.54, 1.807) is 31.2 Å². The SMILES string of the molecule is CCOc1ccccc1NC(=O)COC(=O)CCCC(=O)Nc1cccc(C(F)(F)F)c1. The molecule has 0 unspecified atom stereocenters. The van der Waals surface area contributed by atoms with E-state index in [0.29, 0.717) is 18.0 Å². The van der Waals surface area contributed by atoms with E-state index in [1.165, 1.54) is 12.1 Å². The van der Waals surface area contributed by atoms with Gasteiger partial charge in [0.2, 0.25) is 5.91 Å². The lowest BCUT2D eigenvalue weighted by Gasteiger charge is -2.11. The molecule has 2 N–H and O–H groups in total. The van der Waals surface area contributed by atoms with E-state index in [0.717, 1.165) is 12.1 Å². The predicted molar refractivity (Wildman–Crippen MR) is 111 cm³/mol. The molecule has 0 heterocycles. The number of para-hydroxylation sites is 2. The molecule has 0 atom stereocenters. The van der Waals surface area contributed by atoms with Gasteiger partial charge in [-0.15, -0.1) is 0 Å². The van der Waals surface area contributed by atoms with E-state index in [1.807, 2.05) is 0 Å². The molecular formula is C22H23F3N2O5. The van der Waals surface area contributed by atoms with Gasteiger partial charge < -0.3 is 20.1 Å². The van der Waals surface area contributed by atoms with Crippen LogP contribution in [-0.2, 0) is 25.3 Å². The Morgan fingerprint density at radius 3 is 2.41 bits per heavy atom. The number of benzene rings is 2. The molecule has 0 aliphatic heterocycles. The molecule has 2 amide bonds. The maximum Gasteiger partial charge on any atom is 0.416 e. The van der Waals surface area contributed by atoms with Crippen molar-refractivity contribution in [1.82, 2.24) is 0 Å². The normalized spacial score (nSPS) is 10.9. The van der Waals surface area contributed by atoms with Crippen molar-refractivity contribution in [2.75, 3.05) is 23.8 Å². The second kappa shape index (κ2) is 11.7. The standard InChI is InChI=1S/C22H23F3N2O5/c1-2-31-18-10-4-3-9-17(18)27-20(29)14-32-21(30)12-6-11-19(28)26-16-8-5-7-15(13-16)22(23,24)25/h3-5,7-10,13H,2,6,11-12,14H2,1H3,(H,26,28)(H,27,29). The highest BCUT2D eigenvalue weighted by Crippen LogP contribution is 2.30. The van der Waals surface area contributed by atoms with Gasteiger partial charge in [-0.2, -0.15) is 13.2 Å². The van der Waals surface area contributed by atoms with Crippen LogP contribution in [0.25, 0.3) is 0 Å². The van der Waals surface area contributed by atoms with Crippen LogP contribution < -0.4 is 15.4 Å². The fourth-order valence-electron chi connectivity index (χ4n) is 2.65. The van der Waals surface area contributed by atoms with Gasteiger partial charge >= 0.3 is 12.1 Å². The Hall–Kier alpha value is -3.56. The molecule has 7 nitrogen and oxygen atoms in total. The van der Waals surface area contributed by atoms with Crippen molar-refractivity contribution in [1.29, 1.82) is 0 Å². The first-order valence-electron chi connectivity index (χ1n) is 9.83. The van der Waals surface area contributed by atoms with Crippen LogP contribution >= 0.6 is 0 Å². The lowest BCUT2D eigenvalue weighted by atomic mass is 10.2. The summed E-state index contributed by atoms with van der Waals surface area (Å²) in [6, 6.07) is 11.1. The first-order chi connectivity index (χ1) is 15.2. The first kappa shape index (κ1) is 24.7. The summed E-state index contributed by atoms with van der Waals surface area (Å²) in [6.45, 7) is 1.72. The highest BCUT2D eigenvalue weighted by molar-refractivity contribution is 5.94. The van der Waals surface area contributed by atoms with Crippen molar-refractivity contribution in [2.45, 2.75) is 32.4 Å². The Kier molecular flexibility index (Phi) is 9.06. The highest BCUT2D eigenvalue weighted by Gasteiger charge is 2.30. The molecule has 0 radical (unpaired) electrons. The third kappa shape index (κ3) is 8.29. The molecule has 0 aliphatic carbocycles. The number of halogens is 3. The number of carbonyl (C=O) groups excluding carboxylic acids is 3. The van der Waals surface area contributed by atoms with Crippen molar-refractivity contribution in [3.05, 3.63) is 54.1 Å². The predicted octanol–water partition coefficient (Wildman–Crippen LogP) is 4.39. The Balaban J connectivity index is 1.70. The molecule has 0 spiro atoms. The Bertz CT molecular complexity index is 947. The van der Waals surface area contributed by atoms with Gasteiger partial charge in [-0.1, -0.05) is 18.2 Å². The fourth-order valence-corrected chi connectivity index (χ4v) is 2.65. The molecule has 32 heavy (non-hydrogen) atoms. The average molecular weight is 452 g/mol. The van der Waals surface area contributed by atoms with E-state index in [9.17, 15) is 27.6 Å². The van der Waals surface area contributed by atoms with E-state index in [2.05, 4.69) is 10.6 Å². The number of esters is 1. The van der Waals surface area contributed by atoms with Crippen LogP contribution in [0, 0.1) is 0 Å². The van der Waals surface area contributed by atoms with Gasteiger partial charge in [0.05, 0.1) is 17.9 Å². The largest absolute Gasteiger partial charge is 0.492 e. The molecule has 0 aliphatic rings. The first-order valence-corrected chi connectivity index (χ1v) is 9.83. The molecule has 2 aromatic carbocycles. The summed E-state index contributed by atoms with van der Waals surface area (Å²) >= 11 is 0. The third-order valence-corrected chi connectivity index (χ3v) is 4.08. The van der Waals surface area contributed by atoms with Gasteiger partial charge in [0.15, 0.2) is 6.61 Å². The fraction of sp³-hybridized carbons (Fsp3) is 0.318. The summed E-state index contributed by atoms with van der Waals surface area (Å²) in [5, 5.41) is 4.94. The van der Waals surface area contributed by atoms with E-state index in [-0.39, 0.29) is 24.9 Å². The molecular weight excluding hydrogens is 429 g/mol. The van der Waals surface area contributed by atoms with E-state index in [4.69, 9.17) is 9.47 Å². The van der Waals surface area contributed by atoms with Crippen molar-refractivity contribution >= 4 is 29.2 Å². The van der Waals surface area contributed by atoms with Gasteiger partial charge in [-0.05, 0) is 43.7 Å². The minimum Gasteiger partial charge on any atom is -0.492 e. The molecule has 172 valence electrons. The van der Waals surface area contributed by atoms with Crippen molar-refractivity contribution in [2.24, 2.45) is 0 Å². The quantitative estimate of drug-likeness (QED) is 0.522. The smallest absolute Gasteiger partial charge is 0.416 e. The Morgan fingerprint density at radius 2 is 1.69 bits per heavy atom. The number of amides is 2. The number of nitrogens with one attached hydrogen (secondary N) is 2. The van der Waals surface area contributed by atoms with Crippen molar-refractivity contribution in [3.8, 4) is 5.75 Å². The van der Waals surface area contributed by atoms with Gasteiger partial charge in [0.25, 0.3) is 5.91 Å². The maximum absolute atomic E-state index is 12.7. The van der Waals surface area contributed by atoms with Crippen LogP contribution in [0.2, 0.25) is 0 Å². The van der Waals surface area contributed by atoms with E-state index < -0.39 is 36.1 Å². The lowest BCUT2D eigenvalue weighted by Crippen LogP contribution is -2.21. The van der Waals surface area contributed by atoms with Gasteiger partial charge in [-0.3, -0.25) is 14.4 Å². The van der Waals surface area contributed by atoms with Crippen molar-refractivity contribution < 1.29 is 37.0 Å². The monoisotopic (exact) mass is 452 g/mol. The maximum atomic E-state index is 12.7. The molecule has 0 bridgehead atoms. The van der Waals surface area contributed by atoms with Crippen LogP contribution in [0.4, 0.5) is 24.5 Å². The Morgan fingerprint density at radius 1 is 0.938 bits per heavy atom. The van der Waals surface area contributed by atoms with Gasteiger partial charge in [0, 0.05) is 18.5 Å². The zero-order valence-corrected chi connectivity index (χ0v) is 17.3. The topological polar surface area (TPSA) is 93.7 Å². The molecule has 0 aromatic heterocycles. The number of carbonyl (C=O) groups is 3. The summed E-state index contributed by atoms with van der Waals surface area (Å²) < 4.78 is 48.4. The van der Waals surface area contributed by atoms with Crippen LogP contribution in [0.5, 0.6) is 5.75 Å². The van der Waals surface area contributed by atoms with Crippen LogP contribution in [-0.4, -0.2) is 31.0 Å². The third-order valence-electron chi connectivity index (χ3n) is 4.08. The Labute approximate surface area is 182 Å². The number of rotatable bonds is 10. The summed E-state index contributed by atoms with van der Waals surface area (Å²) in [5.74, 6) is -1.28. The highest BCUT2D eigenvalue weighted by atomic mass is 19.4. The molecule has 0 saturated heterocycles. The van der Waals surface area contributed by atoms with Crippen molar-refractivity contribution in [3.63, 3.8) is 0 Å². The molecule has 2 aromatic rings. The van der Waals surface area contributed by atoms with Gasteiger partial charge in [-0.25, -0.2) is 0 Å². The number of hydrogen-bond donors (Lipinski definition) is 2. The minimum atomic E-state index is -4.51. The summed E-state index contributed by atoms with van der Waals surface area (Å²) in [5.41, 5.74) is -0.417. The lowest BCUT2D eigenvalue weighted by molar-refractivity contribution is -0.147. The van der Waals surface area contributed by atoms with Crippen LogP contribution in [0.1, 0.15) is 31.7 Å². The van der Waals surface area contributed by atoms with Crippen LogP contribution in [0.3, 0.4) is 0 Å². The minimum absolute atomic E-state index is 0.0106. The molecule has 0 saturated carbocycles. The summed E-state index contributed by atoms with van der Waals surface area (Å²) in [6.07, 6.45) is -4.63. The summed E-state index contributed by atoms with van der Waals surface area (Å²) in [4.78, 5) is 35.6. The van der Waals surface area contributed by atoms with E-state index >= 15 is 0 Å². The zero-order valence-electron chi connectivity index (χ0n) is 17.3. The second-order valence-corrected chi connectivity index (χ2v) is 6.62. The number of alkyl halides is 3. The second-order valence-electron chi connectivity index (χ2n) is 6.62. The van der Waals surface area contributed by atoms with Gasteiger partial charge in [0.1, 0.15) is 5.75 Å². The number of hydrogen-bond acceptors (Lipinski definition) is 5. The number of anilines is 2. The zero-order chi connectivity index (χ0) is 23.6. The number of ether oxygens (including phenoxy) is 2.